The average molecular weight is 365 g/mol. The highest BCUT2D eigenvalue weighted by Crippen LogP contribution is 2.21. The lowest BCUT2D eigenvalue weighted by Gasteiger charge is -2.08. The van der Waals surface area contributed by atoms with E-state index in [1.807, 2.05) is 61.5 Å². The monoisotopic (exact) mass is 365 g/mol. The lowest BCUT2D eigenvalue weighted by atomic mass is 10.2. The van der Waals surface area contributed by atoms with Crippen molar-refractivity contribution >= 4 is 5.91 Å². The molecular formula is C21H23N3O3. The fourth-order valence-electron chi connectivity index (χ4n) is 2.57. The molecule has 0 aliphatic heterocycles. The molecular weight excluding hydrogens is 342 g/mol. The van der Waals surface area contributed by atoms with Gasteiger partial charge in [0.05, 0.1) is 0 Å². The molecule has 0 aliphatic rings. The van der Waals surface area contributed by atoms with E-state index in [0.29, 0.717) is 37.5 Å². The van der Waals surface area contributed by atoms with Crippen LogP contribution in [0.15, 0.2) is 59.1 Å². The highest BCUT2D eigenvalue weighted by molar-refractivity contribution is 5.75. The zero-order valence-corrected chi connectivity index (χ0v) is 15.4. The van der Waals surface area contributed by atoms with Crippen molar-refractivity contribution in [1.29, 1.82) is 0 Å². The first kappa shape index (κ1) is 18.6. The summed E-state index contributed by atoms with van der Waals surface area (Å²) in [4.78, 5) is 16.3. The number of para-hydroxylation sites is 1. The number of amides is 1. The molecule has 3 aromatic rings. The number of hydrogen-bond acceptors (Lipinski definition) is 5. The van der Waals surface area contributed by atoms with Gasteiger partial charge < -0.3 is 14.6 Å². The molecule has 0 bridgehead atoms. The van der Waals surface area contributed by atoms with Crippen LogP contribution in [0, 0.1) is 0 Å². The zero-order chi connectivity index (χ0) is 18.9. The summed E-state index contributed by atoms with van der Waals surface area (Å²) in [5.41, 5.74) is 0.987. The topological polar surface area (TPSA) is 77.2 Å². The normalized spacial score (nSPS) is 10.6. The minimum absolute atomic E-state index is 0.000360. The number of carbonyl (C=O) groups excluding carboxylic acids is 1. The number of nitrogens with one attached hydrogen (secondary N) is 1. The molecule has 0 aliphatic carbocycles. The fraction of sp³-hybridized carbons (Fsp3) is 0.286. The highest BCUT2D eigenvalue weighted by atomic mass is 16.5. The second-order valence-corrected chi connectivity index (χ2v) is 6.15. The molecule has 27 heavy (non-hydrogen) atoms. The molecule has 2 aromatic carbocycles. The Morgan fingerprint density at radius 3 is 2.70 bits per heavy atom. The van der Waals surface area contributed by atoms with Gasteiger partial charge >= 0.3 is 0 Å². The van der Waals surface area contributed by atoms with Gasteiger partial charge in [-0.1, -0.05) is 42.4 Å². The minimum atomic E-state index is -0.000360. The molecule has 6 heteroatoms. The second kappa shape index (κ2) is 9.52. The van der Waals surface area contributed by atoms with Gasteiger partial charge in [-0.15, -0.1) is 0 Å². The first-order valence-corrected chi connectivity index (χ1v) is 9.13. The van der Waals surface area contributed by atoms with Crippen LogP contribution in [-0.2, 0) is 24.2 Å². The van der Waals surface area contributed by atoms with Crippen molar-refractivity contribution in [3.63, 3.8) is 0 Å². The summed E-state index contributed by atoms with van der Waals surface area (Å²) in [6.45, 7) is 2.44. The minimum Gasteiger partial charge on any atom is -0.457 e. The summed E-state index contributed by atoms with van der Waals surface area (Å²) in [5.74, 6) is 2.82. The van der Waals surface area contributed by atoms with Gasteiger partial charge in [0.1, 0.15) is 11.5 Å². The van der Waals surface area contributed by atoms with Crippen LogP contribution in [0.4, 0.5) is 0 Å². The largest absolute Gasteiger partial charge is 0.457 e. The second-order valence-electron chi connectivity index (χ2n) is 6.15. The Bertz CT molecular complexity index is 862. The fourth-order valence-corrected chi connectivity index (χ4v) is 2.57. The van der Waals surface area contributed by atoms with E-state index in [1.54, 1.807) is 0 Å². The predicted molar refractivity (Wildman–Crippen MR) is 101 cm³/mol. The van der Waals surface area contributed by atoms with Crippen LogP contribution in [0.5, 0.6) is 11.5 Å². The lowest BCUT2D eigenvalue weighted by molar-refractivity contribution is -0.121. The molecule has 0 saturated heterocycles. The summed E-state index contributed by atoms with van der Waals surface area (Å²) in [7, 11) is 0. The Morgan fingerprint density at radius 1 is 1.11 bits per heavy atom. The molecule has 0 saturated carbocycles. The molecule has 0 atom stereocenters. The SMILES string of the molecule is CCc1noc(CCCC(=O)NCc2cccc(Oc3ccccc3)c2)n1. The maximum atomic E-state index is 12.0. The van der Waals surface area contributed by atoms with Gasteiger partial charge in [0.25, 0.3) is 0 Å². The molecule has 6 nitrogen and oxygen atoms in total. The molecule has 1 aromatic heterocycles. The Kier molecular flexibility index (Phi) is 6.57. The standard InChI is InChI=1S/C21H23N3O3/c1-2-19-23-21(27-24-19)13-7-12-20(25)22-15-16-8-6-11-18(14-16)26-17-9-4-3-5-10-17/h3-6,8-11,14H,2,7,12-13,15H2,1H3,(H,22,25). The summed E-state index contributed by atoms with van der Waals surface area (Å²) >= 11 is 0. The molecule has 1 N–H and O–H groups in total. The summed E-state index contributed by atoms with van der Waals surface area (Å²) in [6, 6.07) is 17.3. The number of carbonyl (C=O) groups is 1. The Morgan fingerprint density at radius 2 is 1.93 bits per heavy atom. The average Bonchev–Trinajstić information content (AvgIpc) is 3.15. The Balaban J connectivity index is 1.42. The quantitative estimate of drug-likeness (QED) is 0.619. The highest BCUT2D eigenvalue weighted by Gasteiger charge is 2.07. The van der Waals surface area contributed by atoms with Gasteiger partial charge in [-0.2, -0.15) is 4.98 Å². The van der Waals surface area contributed by atoms with Crippen molar-refractivity contribution in [2.75, 3.05) is 0 Å². The number of hydrogen-bond donors (Lipinski definition) is 1. The van der Waals surface area contributed by atoms with Gasteiger partial charge in [0, 0.05) is 25.8 Å². The van der Waals surface area contributed by atoms with Crippen molar-refractivity contribution < 1.29 is 14.1 Å². The van der Waals surface area contributed by atoms with Crippen molar-refractivity contribution in [3.8, 4) is 11.5 Å². The van der Waals surface area contributed by atoms with E-state index in [0.717, 1.165) is 23.5 Å². The van der Waals surface area contributed by atoms with Crippen LogP contribution in [0.25, 0.3) is 0 Å². The maximum absolute atomic E-state index is 12.0. The van der Waals surface area contributed by atoms with E-state index in [4.69, 9.17) is 9.26 Å². The first-order chi connectivity index (χ1) is 13.2. The molecule has 0 unspecified atom stereocenters. The Labute approximate surface area is 158 Å². The van der Waals surface area contributed by atoms with Crippen LogP contribution >= 0.6 is 0 Å². The van der Waals surface area contributed by atoms with Crippen molar-refractivity contribution in [1.82, 2.24) is 15.5 Å². The van der Waals surface area contributed by atoms with Crippen molar-refractivity contribution in [2.45, 2.75) is 39.2 Å². The smallest absolute Gasteiger partial charge is 0.226 e. The van der Waals surface area contributed by atoms with Crippen molar-refractivity contribution in [3.05, 3.63) is 71.9 Å². The summed E-state index contributed by atoms with van der Waals surface area (Å²) < 4.78 is 10.9. The molecule has 0 radical (unpaired) electrons. The molecule has 0 spiro atoms. The zero-order valence-electron chi connectivity index (χ0n) is 15.4. The van der Waals surface area contributed by atoms with Crippen LogP contribution < -0.4 is 10.1 Å². The number of aryl methyl sites for hydroxylation is 2. The molecule has 140 valence electrons. The number of nitrogens with zero attached hydrogens (tertiary/aromatic N) is 2. The molecule has 1 heterocycles. The van der Waals surface area contributed by atoms with Crippen LogP contribution in [-0.4, -0.2) is 16.0 Å². The van der Waals surface area contributed by atoms with Crippen LogP contribution in [0.3, 0.4) is 0 Å². The third kappa shape index (κ3) is 5.95. The number of rotatable bonds is 9. The van der Waals surface area contributed by atoms with E-state index in [1.165, 1.54) is 0 Å². The van der Waals surface area contributed by atoms with Gasteiger partial charge in [-0.3, -0.25) is 4.79 Å². The van der Waals surface area contributed by atoms with Crippen molar-refractivity contribution in [2.24, 2.45) is 0 Å². The van der Waals surface area contributed by atoms with Gasteiger partial charge in [0.2, 0.25) is 11.8 Å². The number of aromatic nitrogens is 2. The van der Waals surface area contributed by atoms with E-state index in [9.17, 15) is 4.79 Å². The van der Waals surface area contributed by atoms with Gasteiger partial charge in [-0.25, -0.2) is 0 Å². The van der Waals surface area contributed by atoms with E-state index in [2.05, 4.69) is 15.5 Å². The molecule has 3 rings (SSSR count). The maximum Gasteiger partial charge on any atom is 0.226 e. The van der Waals surface area contributed by atoms with Crippen LogP contribution in [0.1, 0.15) is 37.0 Å². The van der Waals surface area contributed by atoms with E-state index >= 15 is 0 Å². The van der Waals surface area contributed by atoms with Gasteiger partial charge in [0.15, 0.2) is 5.82 Å². The Hall–Kier alpha value is -3.15. The van der Waals surface area contributed by atoms with Gasteiger partial charge in [-0.05, 0) is 36.2 Å². The van der Waals surface area contributed by atoms with Crippen LogP contribution in [0.2, 0.25) is 0 Å². The van der Waals surface area contributed by atoms with E-state index in [-0.39, 0.29) is 5.91 Å². The third-order valence-electron chi connectivity index (χ3n) is 3.99. The summed E-state index contributed by atoms with van der Waals surface area (Å²) in [6.07, 6.45) is 2.45. The van der Waals surface area contributed by atoms with E-state index < -0.39 is 0 Å². The number of ether oxygens (including phenoxy) is 1. The summed E-state index contributed by atoms with van der Waals surface area (Å²) in [5, 5.41) is 6.78. The lowest BCUT2D eigenvalue weighted by Crippen LogP contribution is -2.22. The molecule has 1 amide bonds. The number of benzene rings is 2. The first-order valence-electron chi connectivity index (χ1n) is 9.13. The molecule has 0 fully saturated rings. The third-order valence-corrected chi connectivity index (χ3v) is 3.99. The predicted octanol–water partition coefficient (Wildman–Crippen LogP) is 4.06.